The monoisotopic (exact) mass is 1070 g/mol. The minimum atomic E-state index is -0.531. The summed E-state index contributed by atoms with van der Waals surface area (Å²) in [6, 6.07) is 95.1. The lowest BCUT2D eigenvalue weighted by Crippen LogP contribution is -2.60. The van der Waals surface area contributed by atoms with Crippen LogP contribution < -0.4 is 21.3 Å². The van der Waals surface area contributed by atoms with Crippen molar-refractivity contribution in [1.82, 2.24) is 0 Å². The Morgan fingerprint density at radius 1 is 0.354 bits per heavy atom. The maximum absolute atomic E-state index is 2.70. The van der Waals surface area contributed by atoms with Crippen molar-refractivity contribution in [3.63, 3.8) is 0 Å². The highest BCUT2D eigenvalue weighted by molar-refractivity contribution is 8.00. The van der Waals surface area contributed by atoms with Gasteiger partial charge in [0.05, 0.1) is 11.1 Å². The molecule has 0 spiro atoms. The van der Waals surface area contributed by atoms with Gasteiger partial charge in [0.15, 0.2) is 0 Å². The Hall–Kier alpha value is -8.37. The minimum Gasteiger partial charge on any atom is -0.310 e. The van der Waals surface area contributed by atoms with Crippen LogP contribution in [0.25, 0.3) is 55.6 Å². The van der Waals surface area contributed by atoms with Gasteiger partial charge in [-0.3, -0.25) is 0 Å². The molecule has 1 nitrogen and oxygen atoms in total. The third-order valence-electron chi connectivity index (χ3n) is 17.8. The van der Waals surface area contributed by atoms with E-state index in [1.165, 1.54) is 138 Å². The van der Waals surface area contributed by atoms with E-state index in [1.54, 1.807) is 0 Å². The molecule has 0 aromatic heterocycles. The van der Waals surface area contributed by atoms with Crippen molar-refractivity contribution in [2.24, 2.45) is 0 Å². The largest absolute Gasteiger partial charge is 0.310 e. The highest BCUT2D eigenvalue weighted by Crippen LogP contribution is 2.60. The van der Waals surface area contributed by atoms with Gasteiger partial charge in [-0.25, -0.2) is 0 Å². The number of hydrogen-bond acceptors (Lipinski definition) is 2. The quantitative estimate of drug-likeness (QED) is 0.146. The third kappa shape index (κ3) is 8.37. The van der Waals surface area contributed by atoms with Crippen LogP contribution in [0.3, 0.4) is 0 Å². The first-order valence-corrected chi connectivity index (χ1v) is 30.1. The predicted molar refractivity (Wildman–Crippen MR) is 351 cm³/mol. The highest BCUT2D eigenvalue weighted by atomic mass is 32.2. The second-order valence-corrected chi connectivity index (χ2v) is 27.1. The lowest BCUT2D eigenvalue weighted by atomic mass is 9.34. The first-order valence-electron chi connectivity index (χ1n) is 29.3. The Labute approximate surface area is 490 Å². The van der Waals surface area contributed by atoms with Crippen molar-refractivity contribution < 1.29 is 0 Å². The fourth-order valence-electron chi connectivity index (χ4n) is 13.6. The van der Waals surface area contributed by atoms with Crippen LogP contribution in [0.1, 0.15) is 101 Å². The van der Waals surface area contributed by atoms with Crippen LogP contribution in [-0.4, -0.2) is 6.71 Å². The number of benzene rings is 11. The molecule has 3 aliphatic rings. The van der Waals surface area contributed by atoms with Crippen molar-refractivity contribution >= 4 is 51.9 Å². The molecule has 3 heteroatoms. The number of hydrogen-bond donors (Lipinski definition) is 0. The number of fused-ring (bicyclic) bond motifs is 8. The molecule has 0 saturated heterocycles. The molecule has 0 bridgehead atoms. The second-order valence-electron chi connectivity index (χ2n) is 26.1. The lowest BCUT2D eigenvalue weighted by Gasteiger charge is -2.43. The number of nitrogens with zero attached hydrogens (tertiary/aromatic N) is 1. The summed E-state index contributed by atoms with van der Waals surface area (Å²) in [7, 11) is 0. The lowest BCUT2D eigenvalue weighted by molar-refractivity contribution is 0.569. The Balaban J connectivity index is 1.14. The van der Waals surface area contributed by atoms with Crippen LogP contribution in [0.4, 0.5) is 17.1 Å². The van der Waals surface area contributed by atoms with Gasteiger partial charge in [-0.1, -0.05) is 298 Å². The summed E-state index contributed by atoms with van der Waals surface area (Å²) in [6.45, 7) is 21.1. The molecule has 0 amide bonds. The molecule has 0 unspecified atom stereocenters. The van der Waals surface area contributed by atoms with Gasteiger partial charge in [0.1, 0.15) is 0 Å². The molecule has 14 rings (SSSR count). The molecule has 0 saturated carbocycles. The SMILES string of the molecule is CC(C)(C)c1cc(-c2cc3c4c(c2)N(c2c(-c5ccccc5)cc(C(C)(C)C)cc2-c2ccccc2)c2ccc(-c5ccccc5)cc2B4c2ccc4c(c2S3)-c2ccccc2C4(c2ccccc2)c2ccccc2)cc(C(C)(C)C)c1. The van der Waals surface area contributed by atoms with Gasteiger partial charge in [0.25, 0.3) is 0 Å². The van der Waals surface area contributed by atoms with Crippen molar-refractivity contribution in [3.05, 3.63) is 288 Å². The molecular formula is C79H68BNS. The Kier molecular flexibility index (Phi) is 12.2. The fourth-order valence-corrected chi connectivity index (χ4v) is 15.0. The summed E-state index contributed by atoms with van der Waals surface area (Å²) in [5.41, 5.74) is 28.3. The molecule has 11 aromatic carbocycles. The van der Waals surface area contributed by atoms with Crippen LogP contribution in [0.2, 0.25) is 0 Å². The van der Waals surface area contributed by atoms with E-state index < -0.39 is 5.41 Å². The maximum Gasteiger partial charge on any atom is 0.249 e. The fraction of sp³-hybridized carbons (Fsp3) is 0.165. The van der Waals surface area contributed by atoms with Gasteiger partial charge in [0, 0.05) is 37.9 Å². The summed E-state index contributed by atoms with van der Waals surface area (Å²) < 4.78 is 0. The molecule has 0 N–H and O–H groups in total. The van der Waals surface area contributed by atoms with Crippen LogP contribution in [0, 0.1) is 0 Å². The average molecular weight is 1070 g/mol. The van der Waals surface area contributed by atoms with Crippen LogP contribution in [0.5, 0.6) is 0 Å². The van der Waals surface area contributed by atoms with Gasteiger partial charge in [-0.15, -0.1) is 0 Å². The normalized spacial score (nSPS) is 13.9. The summed E-state index contributed by atoms with van der Waals surface area (Å²) in [4.78, 5) is 5.33. The van der Waals surface area contributed by atoms with E-state index in [-0.39, 0.29) is 23.0 Å². The zero-order chi connectivity index (χ0) is 56.3. The van der Waals surface area contributed by atoms with Crippen molar-refractivity contribution in [1.29, 1.82) is 0 Å². The summed E-state index contributed by atoms with van der Waals surface area (Å²) in [6.07, 6.45) is 0. The first-order chi connectivity index (χ1) is 39.6. The summed E-state index contributed by atoms with van der Waals surface area (Å²) >= 11 is 1.99. The standard InChI is InChI=1S/C79H68BNS/c1-76(2,3)59-43-55(44-60(48-59)77(4,5)6)56-46-70-73-71(47-56)82-75-67(41-40-66-72(75)62-37-25-26-38-65(62)79(66,57-33-21-13-22-34-57)58-35-23-14-24-36-58)80(73)68-45-54(51-27-15-10-16-28-51)39-42-69(68)81(70)74-63(52-29-17-11-18-30-52)49-61(78(7,8)9)50-64(74)53-31-19-12-20-32-53/h10-50H,1-9H3. The van der Waals surface area contributed by atoms with Gasteiger partial charge in [-0.2, -0.15) is 0 Å². The van der Waals surface area contributed by atoms with Crippen molar-refractivity contribution in [2.75, 3.05) is 4.90 Å². The summed E-state index contributed by atoms with van der Waals surface area (Å²) in [5.74, 6) is 0. The molecule has 2 aliphatic heterocycles. The van der Waals surface area contributed by atoms with Gasteiger partial charge in [0.2, 0.25) is 6.71 Å². The van der Waals surface area contributed by atoms with E-state index in [2.05, 4.69) is 316 Å². The predicted octanol–water partition coefficient (Wildman–Crippen LogP) is 19.4. The van der Waals surface area contributed by atoms with E-state index in [0.29, 0.717) is 0 Å². The molecule has 398 valence electrons. The zero-order valence-corrected chi connectivity index (χ0v) is 49.4. The number of anilines is 3. The molecular weight excluding hydrogens is 1010 g/mol. The topological polar surface area (TPSA) is 3.24 Å². The smallest absolute Gasteiger partial charge is 0.249 e. The van der Waals surface area contributed by atoms with Crippen LogP contribution in [-0.2, 0) is 21.7 Å². The van der Waals surface area contributed by atoms with Crippen molar-refractivity contribution in [3.8, 4) is 55.6 Å². The first kappa shape index (κ1) is 51.8. The van der Waals surface area contributed by atoms with Gasteiger partial charge >= 0.3 is 0 Å². The van der Waals surface area contributed by atoms with Gasteiger partial charge < -0.3 is 4.90 Å². The van der Waals surface area contributed by atoms with Gasteiger partial charge in [-0.05, 0) is 135 Å². The second kappa shape index (κ2) is 19.4. The Morgan fingerprint density at radius 3 is 1.39 bits per heavy atom. The molecule has 0 radical (unpaired) electrons. The summed E-state index contributed by atoms with van der Waals surface area (Å²) in [5, 5.41) is 0. The van der Waals surface area contributed by atoms with Crippen LogP contribution in [0.15, 0.2) is 259 Å². The molecule has 1 aliphatic carbocycles. The Bertz CT molecular complexity index is 4140. The molecule has 11 aromatic rings. The van der Waals surface area contributed by atoms with E-state index >= 15 is 0 Å². The minimum absolute atomic E-state index is 0.0688. The average Bonchev–Trinajstić information content (AvgIpc) is 1.64. The van der Waals surface area contributed by atoms with Crippen LogP contribution >= 0.6 is 11.8 Å². The van der Waals surface area contributed by atoms with Crippen molar-refractivity contribution in [2.45, 2.75) is 93.8 Å². The molecule has 0 fully saturated rings. The number of rotatable bonds is 7. The Morgan fingerprint density at radius 2 is 0.841 bits per heavy atom. The van der Waals surface area contributed by atoms with E-state index in [9.17, 15) is 0 Å². The third-order valence-corrected chi connectivity index (χ3v) is 19.0. The maximum atomic E-state index is 2.70. The molecule has 82 heavy (non-hydrogen) atoms. The molecule has 2 heterocycles. The van der Waals surface area contributed by atoms with E-state index in [0.717, 1.165) is 0 Å². The van der Waals surface area contributed by atoms with E-state index in [4.69, 9.17) is 0 Å². The van der Waals surface area contributed by atoms with E-state index in [1.807, 2.05) is 11.8 Å². The highest BCUT2D eigenvalue weighted by Gasteiger charge is 2.50. The molecule has 0 atom stereocenters. The zero-order valence-electron chi connectivity index (χ0n) is 48.6.